The maximum Gasteiger partial charge on any atom is 0.281 e. The van der Waals surface area contributed by atoms with Gasteiger partial charge in [0, 0.05) is 12.7 Å². The number of anilines is 1. The highest BCUT2D eigenvalue weighted by atomic mass is 32.2. The first-order valence-electron chi connectivity index (χ1n) is 7.33. The van der Waals surface area contributed by atoms with Crippen LogP contribution in [0.2, 0.25) is 0 Å². The van der Waals surface area contributed by atoms with E-state index in [1.165, 1.54) is 6.20 Å². The van der Waals surface area contributed by atoms with Gasteiger partial charge in [0.05, 0.1) is 17.0 Å². The molecule has 1 aromatic heterocycles. The second kappa shape index (κ2) is 6.00. The lowest BCUT2D eigenvalue weighted by molar-refractivity contribution is -0.124. The van der Waals surface area contributed by atoms with Crippen LogP contribution in [0.15, 0.2) is 12.3 Å². The van der Waals surface area contributed by atoms with E-state index in [9.17, 15) is 13.2 Å². The maximum atomic E-state index is 12.0. The number of likely N-dealkylation sites (tertiary alicyclic amines) is 1. The zero-order chi connectivity index (χ0) is 16.6. The molecule has 0 spiro atoms. The van der Waals surface area contributed by atoms with Crippen LogP contribution >= 0.6 is 12.2 Å². The molecule has 2 fully saturated rings. The summed E-state index contributed by atoms with van der Waals surface area (Å²) in [7, 11) is -3.42. The average Bonchev–Trinajstić information content (AvgIpc) is 3.25. The Morgan fingerprint density at radius 2 is 2.13 bits per heavy atom. The molecule has 3 rings (SSSR count). The Morgan fingerprint density at radius 1 is 1.39 bits per heavy atom. The number of sulfonamides is 1. The lowest BCUT2D eigenvalue weighted by atomic mass is 10.1. The molecule has 1 amide bonds. The summed E-state index contributed by atoms with van der Waals surface area (Å²) in [5.74, 6) is -0.356. The van der Waals surface area contributed by atoms with Crippen LogP contribution in [0.4, 0.5) is 5.95 Å². The average molecular weight is 355 g/mol. The zero-order valence-corrected chi connectivity index (χ0v) is 13.9. The molecule has 1 aromatic rings. The van der Waals surface area contributed by atoms with Crippen molar-refractivity contribution >= 4 is 39.1 Å². The second-order valence-electron chi connectivity index (χ2n) is 5.67. The van der Waals surface area contributed by atoms with Gasteiger partial charge in [-0.1, -0.05) is 12.2 Å². The van der Waals surface area contributed by atoms with Crippen LogP contribution in [0.1, 0.15) is 37.4 Å². The number of carbonyl (C=O) groups is 1. The van der Waals surface area contributed by atoms with E-state index in [0.29, 0.717) is 25.1 Å². The highest BCUT2D eigenvalue weighted by Gasteiger charge is 2.37. The number of nitrogens with two attached hydrogens (primary N) is 1. The number of thiocarbonyl (C=S) groups is 1. The Hall–Kier alpha value is -1.81. The largest absolute Gasteiger partial charge is 0.385 e. The van der Waals surface area contributed by atoms with Crippen molar-refractivity contribution < 1.29 is 13.2 Å². The highest BCUT2D eigenvalue weighted by Crippen LogP contribution is 2.32. The van der Waals surface area contributed by atoms with Crippen molar-refractivity contribution in [2.45, 2.75) is 37.0 Å². The number of rotatable bonds is 4. The summed E-state index contributed by atoms with van der Waals surface area (Å²) in [6, 6.07) is 1.40. The molecular formula is C13H17N5O3S2. The summed E-state index contributed by atoms with van der Waals surface area (Å²) >= 11 is 4.75. The van der Waals surface area contributed by atoms with Crippen molar-refractivity contribution in [2.75, 3.05) is 11.3 Å². The molecule has 0 aromatic carbocycles. The normalized spacial score (nSPS) is 21.2. The van der Waals surface area contributed by atoms with Gasteiger partial charge in [0.15, 0.2) is 4.99 Å². The molecule has 0 radical (unpaired) electrons. The van der Waals surface area contributed by atoms with Crippen molar-refractivity contribution in [3.63, 3.8) is 0 Å². The van der Waals surface area contributed by atoms with E-state index in [1.807, 2.05) is 0 Å². The first-order valence-corrected chi connectivity index (χ1v) is 9.29. The number of carbonyl (C=O) groups excluding carboxylic acids is 1. The molecule has 1 saturated carbocycles. The van der Waals surface area contributed by atoms with E-state index >= 15 is 0 Å². The van der Waals surface area contributed by atoms with Gasteiger partial charge in [0.1, 0.15) is 0 Å². The van der Waals surface area contributed by atoms with E-state index in [-0.39, 0.29) is 28.1 Å². The van der Waals surface area contributed by atoms with Crippen LogP contribution < -0.4 is 10.5 Å². The van der Waals surface area contributed by atoms with Gasteiger partial charge in [-0.25, -0.2) is 18.4 Å². The first-order chi connectivity index (χ1) is 10.9. The predicted molar refractivity (Wildman–Crippen MR) is 88.1 cm³/mol. The predicted octanol–water partition coefficient (Wildman–Crippen LogP) is 0.330. The molecule has 1 atom stereocenters. The molecule has 1 aliphatic carbocycles. The van der Waals surface area contributed by atoms with E-state index in [0.717, 1.165) is 12.8 Å². The van der Waals surface area contributed by atoms with E-state index < -0.39 is 10.0 Å². The summed E-state index contributed by atoms with van der Waals surface area (Å²) < 4.78 is 26.3. The van der Waals surface area contributed by atoms with Crippen molar-refractivity contribution in [2.24, 2.45) is 5.73 Å². The van der Waals surface area contributed by atoms with Crippen molar-refractivity contribution in [3.05, 3.63) is 18.0 Å². The van der Waals surface area contributed by atoms with Crippen LogP contribution in [0.25, 0.3) is 0 Å². The third-order valence-electron chi connectivity index (χ3n) is 3.94. The van der Waals surface area contributed by atoms with Gasteiger partial charge in [0.25, 0.3) is 5.91 Å². The zero-order valence-electron chi connectivity index (χ0n) is 12.3. The van der Waals surface area contributed by atoms with Gasteiger partial charge >= 0.3 is 0 Å². The molecule has 0 bridgehead atoms. The molecule has 0 unspecified atom stereocenters. The van der Waals surface area contributed by atoms with Crippen LogP contribution in [0.5, 0.6) is 0 Å². The third kappa shape index (κ3) is 3.42. The second-order valence-corrected chi connectivity index (χ2v) is 8.07. The topological polar surface area (TPSA) is 118 Å². The lowest BCUT2D eigenvalue weighted by Gasteiger charge is -2.23. The molecular weight excluding hydrogens is 338 g/mol. The summed E-state index contributed by atoms with van der Waals surface area (Å²) in [4.78, 5) is 21.7. The van der Waals surface area contributed by atoms with Gasteiger partial charge in [-0.3, -0.25) is 9.52 Å². The molecule has 2 heterocycles. The minimum absolute atomic E-state index is 0.0315. The molecule has 23 heavy (non-hydrogen) atoms. The van der Waals surface area contributed by atoms with E-state index in [1.54, 1.807) is 11.0 Å². The molecule has 124 valence electrons. The van der Waals surface area contributed by atoms with Gasteiger partial charge in [-0.15, -0.1) is 0 Å². The number of hydrogen-bond donors (Lipinski definition) is 2. The minimum Gasteiger partial charge on any atom is -0.385 e. The number of nitrogens with zero attached hydrogens (tertiary/aromatic N) is 3. The smallest absolute Gasteiger partial charge is 0.281 e. The summed E-state index contributed by atoms with van der Waals surface area (Å²) in [5, 5.41) is -0.353. The quantitative estimate of drug-likeness (QED) is 0.747. The number of hydrogen-bond acceptors (Lipinski definition) is 6. The maximum absolute atomic E-state index is 12.0. The van der Waals surface area contributed by atoms with Crippen LogP contribution in [-0.4, -0.2) is 46.0 Å². The molecule has 10 heteroatoms. The number of nitrogens with one attached hydrogen (secondary N) is 1. The van der Waals surface area contributed by atoms with Gasteiger partial charge in [0.2, 0.25) is 16.0 Å². The Balaban J connectivity index is 1.81. The van der Waals surface area contributed by atoms with Crippen LogP contribution in [0.3, 0.4) is 0 Å². The standard InChI is InChI=1S/C13H17N5O3S2/c14-11(22)12(19)18-7-1-2-10(18)9-5-6-15-13(16-9)17-23(20,21)8-3-4-8/h5-6,8,10H,1-4,7H2,(H2,14,22)(H,15,16,17)/t10-/m0/s1. The van der Waals surface area contributed by atoms with Gasteiger partial charge in [-0.2, -0.15) is 0 Å². The minimum atomic E-state index is -3.42. The van der Waals surface area contributed by atoms with E-state index in [4.69, 9.17) is 18.0 Å². The van der Waals surface area contributed by atoms with Crippen LogP contribution in [-0.2, 0) is 14.8 Å². The summed E-state index contributed by atoms with van der Waals surface area (Å²) in [5.41, 5.74) is 6.00. The fourth-order valence-corrected chi connectivity index (χ4v) is 4.05. The van der Waals surface area contributed by atoms with Crippen LogP contribution in [0, 0.1) is 0 Å². The van der Waals surface area contributed by atoms with Crippen molar-refractivity contribution in [3.8, 4) is 0 Å². The number of amides is 1. The molecule has 8 nitrogen and oxygen atoms in total. The Labute approximate surface area is 139 Å². The van der Waals surface area contributed by atoms with Gasteiger partial charge < -0.3 is 10.6 Å². The number of aromatic nitrogens is 2. The lowest BCUT2D eigenvalue weighted by Crippen LogP contribution is -2.39. The monoisotopic (exact) mass is 355 g/mol. The van der Waals surface area contributed by atoms with Crippen molar-refractivity contribution in [1.82, 2.24) is 14.9 Å². The molecule has 2 aliphatic rings. The Kier molecular flexibility index (Phi) is 4.19. The molecule has 3 N–H and O–H groups in total. The Morgan fingerprint density at radius 3 is 2.78 bits per heavy atom. The summed E-state index contributed by atoms with van der Waals surface area (Å²) in [6.45, 7) is 0.550. The fourth-order valence-electron chi connectivity index (χ4n) is 2.66. The SMILES string of the molecule is NC(=S)C(=O)N1CCC[C@H]1c1ccnc(NS(=O)(=O)C2CC2)n1. The van der Waals surface area contributed by atoms with E-state index in [2.05, 4.69) is 14.7 Å². The van der Waals surface area contributed by atoms with Gasteiger partial charge in [-0.05, 0) is 31.7 Å². The van der Waals surface area contributed by atoms with Crippen molar-refractivity contribution in [1.29, 1.82) is 0 Å². The highest BCUT2D eigenvalue weighted by molar-refractivity contribution is 7.93. The Bertz CT molecular complexity index is 748. The first kappa shape index (κ1) is 16.1. The third-order valence-corrected chi connectivity index (χ3v) is 5.93. The molecule has 1 saturated heterocycles. The fraction of sp³-hybridized carbons (Fsp3) is 0.538. The summed E-state index contributed by atoms with van der Waals surface area (Å²) in [6.07, 6.45) is 4.34. The molecule has 1 aliphatic heterocycles.